The van der Waals surface area contributed by atoms with Crippen molar-refractivity contribution in [1.29, 1.82) is 0 Å². The number of aryl methyl sites for hydroxylation is 1. The lowest BCUT2D eigenvalue weighted by molar-refractivity contribution is -0.155. The Labute approximate surface area is 263 Å². The van der Waals surface area contributed by atoms with Gasteiger partial charge in [-0.1, -0.05) is 23.9 Å². The molecule has 45 heavy (non-hydrogen) atoms. The van der Waals surface area contributed by atoms with Crippen molar-refractivity contribution in [3.8, 4) is 5.75 Å². The van der Waals surface area contributed by atoms with E-state index < -0.39 is 53.1 Å². The lowest BCUT2D eigenvalue weighted by Gasteiger charge is -2.49. The summed E-state index contributed by atoms with van der Waals surface area (Å²) in [4.78, 5) is 76.4. The summed E-state index contributed by atoms with van der Waals surface area (Å²) in [5.41, 5.74) is 0.578. The monoisotopic (exact) mass is 663 g/mol. The van der Waals surface area contributed by atoms with Crippen LogP contribution in [-0.2, 0) is 31.0 Å². The highest BCUT2D eigenvalue weighted by molar-refractivity contribution is 8.01. The molecule has 20 heteroatoms. The predicted molar refractivity (Wildman–Crippen MR) is 156 cm³/mol. The summed E-state index contributed by atoms with van der Waals surface area (Å²) in [6.45, 7) is 1.43. The molecule has 6 N–H and O–H groups in total. The van der Waals surface area contributed by atoms with Crippen LogP contribution in [0.15, 0.2) is 40.7 Å². The van der Waals surface area contributed by atoms with Gasteiger partial charge in [0.15, 0.2) is 0 Å². The molecule has 4 rings (SSSR count). The maximum Gasteiger partial charge on any atom is 0.394 e. The van der Waals surface area contributed by atoms with E-state index in [2.05, 4.69) is 31.5 Å². The molecule has 2 aliphatic heterocycles. The number of nitrogens with zero attached hydrogens (tertiary/aromatic N) is 6. The number of phenols is 1. The van der Waals surface area contributed by atoms with E-state index in [1.54, 1.807) is 14.0 Å². The lowest BCUT2D eigenvalue weighted by Crippen LogP contribution is -2.71. The van der Waals surface area contributed by atoms with Crippen LogP contribution in [0, 0.1) is 0 Å². The third-order valence-corrected chi connectivity index (χ3v) is 9.22. The molecule has 1 saturated heterocycles. The van der Waals surface area contributed by atoms with Gasteiger partial charge in [0.1, 0.15) is 28.9 Å². The van der Waals surface area contributed by atoms with E-state index in [-0.39, 0.29) is 48.1 Å². The van der Waals surface area contributed by atoms with Gasteiger partial charge >= 0.3 is 23.9 Å². The van der Waals surface area contributed by atoms with Gasteiger partial charge in [0.05, 0.1) is 0 Å². The maximum atomic E-state index is 13.5. The van der Waals surface area contributed by atoms with Crippen molar-refractivity contribution in [1.82, 2.24) is 46.0 Å². The standard InChI is InChI=1S/C25H29N9O9S2/c1-3-33(20(38)23(41)42)9-8-26-24(43)28-15(12-4-6-14(35)7-5-12)18(36)27-16-19(37)34-17(22(39)40)13(10-44-21(16)34)11-45-25-29-30-31-32(25)2/h4-7,15-16,21,35H,3,8-11H2,1-2H3,(H,27,36)(H,39,40)(H,41,42)(H2,26,28,43)/t15?,16-,21-/m1/s1. The number of thioether (sulfide) groups is 2. The fourth-order valence-corrected chi connectivity index (χ4v) is 6.85. The molecule has 5 amide bonds. The summed E-state index contributed by atoms with van der Waals surface area (Å²) in [5, 5.41) is 47.0. The molecular formula is C25H29N9O9S2. The zero-order chi connectivity index (χ0) is 32.8. The number of carbonyl (C=O) groups is 6. The Balaban J connectivity index is 1.43. The average molecular weight is 664 g/mol. The summed E-state index contributed by atoms with van der Waals surface area (Å²) in [5.74, 6) is -5.08. The minimum Gasteiger partial charge on any atom is -0.508 e. The fraction of sp³-hybridized carbons (Fsp3) is 0.400. The molecule has 1 fully saturated rings. The molecule has 240 valence electrons. The number of aromatic hydroxyl groups is 1. The topological polar surface area (TPSA) is 249 Å². The zero-order valence-electron chi connectivity index (χ0n) is 23.9. The molecule has 1 aromatic heterocycles. The van der Waals surface area contributed by atoms with Gasteiger partial charge < -0.3 is 36.2 Å². The first-order valence-corrected chi connectivity index (χ1v) is 15.4. The van der Waals surface area contributed by atoms with Crippen LogP contribution in [0.5, 0.6) is 5.75 Å². The predicted octanol–water partition coefficient (Wildman–Crippen LogP) is -1.28. The Kier molecular flexibility index (Phi) is 10.5. The number of fused-ring (bicyclic) bond motifs is 1. The number of hydrogen-bond acceptors (Lipinski definition) is 12. The maximum absolute atomic E-state index is 13.5. The number of likely N-dealkylation sites (N-methyl/N-ethyl adjacent to an activating group) is 1. The van der Waals surface area contributed by atoms with E-state index in [9.17, 15) is 39.0 Å². The molecule has 0 aliphatic carbocycles. The van der Waals surface area contributed by atoms with Crippen molar-refractivity contribution >= 4 is 59.2 Å². The molecule has 0 saturated carbocycles. The Hall–Kier alpha value is -4.85. The summed E-state index contributed by atoms with van der Waals surface area (Å²) in [6, 6.07) is 2.15. The second-order valence-electron chi connectivity index (χ2n) is 9.64. The lowest BCUT2D eigenvalue weighted by atomic mass is 10.0. The van der Waals surface area contributed by atoms with Crippen LogP contribution in [0.1, 0.15) is 18.5 Å². The minimum atomic E-state index is -1.63. The third-order valence-electron chi connectivity index (χ3n) is 6.79. The van der Waals surface area contributed by atoms with E-state index in [1.807, 2.05) is 0 Å². The summed E-state index contributed by atoms with van der Waals surface area (Å²) in [6.07, 6.45) is 0. The van der Waals surface area contributed by atoms with Gasteiger partial charge in [-0.05, 0) is 40.6 Å². The van der Waals surface area contributed by atoms with Gasteiger partial charge in [-0.25, -0.2) is 19.1 Å². The smallest absolute Gasteiger partial charge is 0.394 e. The quantitative estimate of drug-likeness (QED) is 0.0880. The number of nitrogens with one attached hydrogen (secondary N) is 3. The molecule has 1 aromatic carbocycles. The fourth-order valence-electron chi connectivity index (χ4n) is 4.52. The first-order chi connectivity index (χ1) is 21.4. The van der Waals surface area contributed by atoms with E-state index in [0.29, 0.717) is 10.7 Å². The number of carboxylic acids is 2. The molecule has 0 spiro atoms. The van der Waals surface area contributed by atoms with E-state index in [0.717, 1.165) is 9.80 Å². The van der Waals surface area contributed by atoms with Crippen LogP contribution in [0.3, 0.4) is 0 Å². The number of carboxylic acid groups (broad SMARTS) is 2. The number of hydrogen-bond donors (Lipinski definition) is 6. The number of urea groups is 1. The van der Waals surface area contributed by atoms with Crippen molar-refractivity contribution in [2.24, 2.45) is 7.05 Å². The molecule has 0 bridgehead atoms. The second kappa shape index (κ2) is 14.3. The minimum absolute atomic E-state index is 0.0917. The Morgan fingerprint density at radius 3 is 2.49 bits per heavy atom. The van der Waals surface area contributed by atoms with Gasteiger partial charge in [0.25, 0.3) is 5.91 Å². The number of aliphatic carboxylic acids is 2. The van der Waals surface area contributed by atoms with Gasteiger partial charge in [0, 0.05) is 38.2 Å². The van der Waals surface area contributed by atoms with Crippen LogP contribution in [-0.4, -0.2) is 124 Å². The molecule has 2 aromatic rings. The highest BCUT2D eigenvalue weighted by Crippen LogP contribution is 2.41. The summed E-state index contributed by atoms with van der Waals surface area (Å²) in [7, 11) is 1.64. The van der Waals surface area contributed by atoms with Crippen LogP contribution >= 0.6 is 23.5 Å². The number of β-lactam (4-membered cyclic amide) rings is 1. The Morgan fingerprint density at radius 1 is 1.18 bits per heavy atom. The van der Waals surface area contributed by atoms with E-state index in [4.69, 9.17) is 5.11 Å². The number of amides is 5. The average Bonchev–Trinajstić information content (AvgIpc) is 3.43. The molecule has 18 nitrogen and oxygen atoms in total. The number of rotatable bonds is 12. The van der Waals surface area contributed by atoms with Crippen molar-refractivity contribution in [2.75, 3.05) is 31.1 Å². The largest absolute Gasteiger partial charge is 0.508 e. The van der Waals surface area contributed by atoms with Crippen molar-refractivity contribution < 1.29 is 44.1 Å². The van der Waals surface area contributed by atoms with Crippen LogP contribution in [0.2, 0.25) is 0 Å². The van der Waals surface area contributed by atoms with Gasteiger partial charge in [-0.2, -0.15) is 0 Å². The molecular weight excluding hydrogens is 634 g/mol. The molecule has 0 radical (unpaired) electrons. The number of tetrazole rings is 1. The van der Waals surface area contributed by atoms with Crippen LogP contribution in [0.4, 0.5) is 4.79 Å². The van der Waals surface area contributed by atoms with Crippen molar-refractivity contribution in [3.63, 3.8) is 0 Å². The first kappa shape index (κ1) is 33.1. The highest BCUT2D eigenvalue weighted by atomic mass is 32.2. The number of carbonyl (C=O) groups excluding carboxylic acids is 4. The van der Waals surface area contributed by atoms with Crippen molar-refractivity contribution in [3.05, 3.63) is 41.1 Å². The molecule has 1 unspecified atom stereocenters. The molecule has 3 atom stereocenters. The van der Waals surface area contributed by atoms with Gasteiger partial charge in [-0.15, -0.1) is 16.9 Å². The number of aromatic nitrogens is 4. The van der Waals surface area contributed by atoms with Gasteiger partial charge in [-0.3, -0.25) is 19.3 Å². The Bertz CT molecular complexity index is 1530. The van der Waals surface area contributed by atoms with E-state index >= 15 is 0 Å². The Morgan fingerprint density at radius 2 is 1.89 bits per heavy atom. The highest BCUT2D eigenvalue weighted by Gasteiger charge is 2.54. The third kappa shape index (κ3) is 7.45. The normalized spacial score (nSPS) is 17.9. The summed E-state index contributed by atoms with van der Waals surface area (Å²) >= 11 is 2.49. The van der Waals surface area contributed by atoms with Crippen LogP contribution < -0.4 is 16.0 Å². The molecule has 2 aliphatic rings. The van der Waals surface area contributed by atoms with E-state index in [1.165, 1.54) is 52.5 Å². The molecule has 3 heterocycles. The first-order valence-electron chi connectivity index (χ1n) is 13.3. The number of phenolic OH excluding ortho intramolecular Hbond substituents is 1. The van der Waals surface area contributed by atoms with Crippen LogP contribution in [0.25, 0.3) is 0 Å². The SMILES string of the molecule is CCN(CCNC(=O)NC(C(=O)N[C@@H]1C(=O)N2C(C(=O)O)=C(CSc3nnnn3C)CS[C@H]12)c1ccc(O)cc1)C(=O)C(=O)O. The second-order valence-corrected chi connectivity index (χ2v) is 11.7. The summed E-state index contributed by atoms with van der Waals surface area (Å²) < 4.78 is 1.43. The van der Waals surface area contributed by atoms with Gasteiger partial charge in [0.2, 0.25) is 11.1 Å². The zero-order valence-corrected chi connectivity index (χ0v) is 25.5. The van der Waals surface area contributed by atoms with Crippen molar-refractivity contribution in [2.45, 2.75) is 29.5 Å². The number of benzene rings is 1.